The number of rotatable bonds is 2. The molecule has 1 heterocycles. The lowest BCUT2D eigenvalue weighted by Gasteiger charge is -2.26. The van der Waals surface area contributed by atoms with Crippen LogP contribution in [0.1, 0.15) is 12.0 Å². The minimum Gasteiger partial charge on any atom is -0.496 e. The molecule has 0 aromatic heterocycles. The van der Waals surface area contributed by atoms with Crippen molar-refractivity contribution in [3.8, 4) is 11.5 Å². The maximum Gasteiger partial charge on any atom is 0.126 e. The highest BCUT2D eigenvalue weighted by Gasteiger charge is 2.20. The number of hydrogen-bond donors (Lipinski definition) is 1. The summed E-state index contributed by atoms with van der Waals surface area (Å²) in [5.74, 6) is 1.84. The van der Waals surface area contributed by atoms with Gasteiger partial charge in [-0.05, 0) is 25.0 Å². The smallest absolute Gasteiger partial charge is 0.126 e. The van der Waals surface area contributed by atoms with Crippen LogP contribution in [0.15, 0.2) is 18.2 Å². The molecule has 1 aliphatic heterocycles. The van der Waals surface area contributed by atoms with Gasteiger partial charge in [0.1, 0.15) is 17.6 Å². The highest BCUT2D eigenvalue weighted by atomic mass is 16.5. The minimum absolute atomic E-state index is 0.162. The molecule has 1 unspecified atom stereocenters. The molecule has 0 saturated heterocycles. The molecule has 0 bridgehead atoms. The molecule has 0 saturated carbocycles. The normalized spacial score (nSPS) is 19.7. The van der Waals surface area contributed by atoms with Crippen LogP contribution in [-0.4, -0.2) is 19.8 Å². The summed E-state index contributed by atoms with van der Waals surface area (Å²) in [5, 5.41) is 0. The topological polar surface area (TPSA) is 44.5 Å². The predicted octanol–water partition coefficient (Wildman–Crippen LogP) is 1.35. The van der Waals surface area contributed by atoms with Gasteiger partial charge in [-0.1, -0.05) is 6.07 Å². The third-order valence-corrected chi connectivity index (χ3v) is 2.58. The van der Waals surface area contributed by atoms with E-state index in [0.29, 0.717) is 6.54 Å². The van der Waals surface area contributed by atoms with Crippen molar-refractivity contribution in [1.29, 1.82) is 0 Å². The molecular formula is C11H15NO2. The molecule has 0 spiro atoms. The van der Waals surface area contributed by atoms with E-state index < -0.39 is 0 Å². The van der Waals surface area contributed by atoms with Crippen LogP contribution in [0, 0.1) is 0 Å². The second-order valence-electron chi connectivity index (χ2n) is 3.45. The Bertz CT molecular complexity index is 325. The highest BCUT2D eigenvalue weighted by molar-refractivity contribution is 5.46. The molecule has 3 heteroatoms. The molecule has 14 heavy (non-hydrogen) atoms. The van der Waals surface area contributed by atoms with Crippen LogP contribution in [-0.2, 0) is 6.42 Å². The fraction of sp³-hybridized carbons (Fsp3) is 0.455. The summed E-state index contributed by atoms with van der Waals surface area (Å²) in [6, 6.07) is 5.88. The lowest BCUT2D eigenvalue weighted by atomic mass is 10.0. The van der Waals surface area contributed by atoms with E-state index in [-0.39, 0.29) is 6.10 Å². The van der Waals surface area contributed by atoms with E-state index in [2.05, 4.69) is 0 Å². The molecule has 0 amide bonds. The van der Waals surface area contributed by atoms with Gasteiger partial charge in [-0.15, -0.1) is 0 Å². The second kappa shape index (κ2) is 3.88. The summed E-state index contributed by atoms with van der Waals surface area (Å²) in [6.07, 6.45) is 2.13. The van der Waals surface area contributed by atoms with Crippen LogP contribution in [0.3, 0.4) is 0 Å². The first-order valence-electron chi connectivity index (χ1n) is 4.87. The third-order valence-electron chi connectivity index (χ3n) is 2.58. The molecule has 0 radical (unpaired) electrons. The van der Waals surface area contributed by atoms with Gasteiger partial charge in [0, 0.05) is 12.1 Å². The standard InChI is InChI=1S/C11H15NO2/c1-13-10-3-2-4-11-9(10)6-5-8(7-12)14-11/h2-4,8H,5-7,12H2,1H3. The van der Waals surface area contributed by atoms with Crippen LogP contribution in [0.2, 0.25) is 0 Å². The van der Waals surface area contributed by atoms with Crippen molar-refractivity contribution in [2.24, 2.45) is 5.73 Å². The SMILES string of the molecule is COc1cccc2c1CCC(CN)O2. The van der Waals surface area contributed by atoms with E-state index >= 15 is 0 Å². The lowest BCUT2D eigenvalue weighted by Crippen LogP contribution is -2.30. The average Bonchev–Trinajstić information content (AvgIpc) is 2.27. The molecule has 1 aromatic carbocycles. The van der Waals surface area contributed by atoms with Crippen LogP contribution >= 0.6 is 0 Å². The van der Waals surface area contributed by atoms with Gasteiger partial charge < -0.3 is 15.2 Å². The molecule has 1 aliphatic rings. The second-order valence-corrected chi connectivity index (χ2v) is 3.45. The van der Waals surface area contributed by atoms with Crippen molar-refractivity contribution in [3.05, 3.63) is 23.8 Å². The predicted molar refractivity (Wildman–Crippen MR) is 54.8 cm³/mol. The number of nitrogens with two attached hydrogens (primary N) is 1. The number of methoxy groups -OCH3 is 1. The first-order valence-corrected chi connectivity index (χ1v) is 4.87. The van der Waals surface area contributed by atoms with Gasteiger partial charge in [-0.25, -0.2) is 0 Å². The van der Waals surface area contributed by atoms with Gasteiger partial charge in [-0.2, -0.15) is 0 Å². The zero-order valence-corrected chi connectivity index (χ0v) is 8.32. The van der Waals surface area contributed by atoms with Crippen molar-refractivity contribution in [2.45, 2.75) is 18.9 Å². The van der Waals surface area contributed by atoms with Crippen LogP contribution < -0.4 is 15.2 Å². The van der Waals surface area contributed by atoms with E-state index in [1.54, 1.807) is 7.11 Å². The molecule has 2 N–H and O–H groups in total. The summed E-state index contributed by atoms with van der Waals surface area (Å²) >= 11 is 0. The Labute approximate surface area is 83.8 Å². The Hall–Kier alpha value is -1.22. The number of benzene rings is 1. The summed E-state index contributed by atoms with van der Waals surface area (Å²) in [5.41, 5.74) is 6.74. The van der Waals surface area contributed by atoms with Gasteiger partial charge in [0.25, 0.3) is 0 Å². The van der Waals surface area contributed by atoms with Crippen molar-refractivity contribution in [2.75, 3.05) is 13.7 Å². The molecule has 0 fully saturated rings. The van der Waals surface area contributed by atoms with Crippen LogP contribution in [0.4, 0.5) is 0 Å². The fourth-order valence-corrected chi connectivity index (χ4v) is 1.80. The van der Waals surface area contributed by atoms with Gasteiger partial charge in [0.2, 0.25) is 0 Å². The van der Waals surface area contributed by atoms with Gasteiger partial charge in [0.05, 0.1) is 7.11 Å². The van der Waals surface area contributed by atoms with Crippen molar-refractivity contribution in [3.63, 3.8) is 0 Å². The quantitative estimate of drug-likeness (QED) is 0.771. The van der Waals surface area contributed by atoms with E-state index in [9.17, 15) is 0 Å². The maximum absolute atomic E-state index is 5.72. The van der Waals surface area contributed by atoms with E-state index in [4.69, 9.17) is 15.2 Å². The Morgan fingerprint density at radius 2 is 2.43 bits per heavy atom. The molecule has 0 aliphatic carbocycles. The molecule has 76 valence electrons. The van der Waals surface area contributed by atoms with E-state index in [1.807, 2.05) is 18.2 Å². The summed E-state index contributed by atoms with van der Waals surface area (Å²) in [6.45, 7) is 0.580. The van der Waals surface area contributed by atoms with E-state index in [0.717, 1.165) is 24.3 Å². The monoisotopic (exact) mass is 193 g/mol. The van der Waals surface area contributed by atoms with Crippen LogP contribution in [0.5, 0.6) is 11.5 Å². The number of ether oxygens (including phenoxy) is 2. The maximum atomic E-state index is 5.72. The Morgan fingerprint density at radius 1 is 1.57 bits per heavy atom. The van der Waals surface area contributed by atoms with Gasteiger partial charge >= 0.3 is 0 Å². The van der Waals surface area contributed by atoms with Crippen molar-refractivity contribution < 1.29 is 9.47 Å². The van der Waals surface area contributed by atoms with Crippen LogP contribution in [0.25, 0.3) is 0 Å². The summed E-state index contributed by atoms with van der Waals surface area (Å²) in [4.78, 5) is 0. The summed E-state index contributed by atoms with van der Waals surface area (Å²) in [7, 11) is 1.69. The first kappa shape index (κ1) is 9.34. The first-order chi connectivity index (χ1) is 6.85. The zero-order valence-electron chi connectivity index (χ0n) is 8.32. The average molecular weight is 193 g/mol. The Kier molecular flexibility index (Phi) is 2.59. The Balaban J connectivity index is 2.30. The fourth-order valence-electron chi connectivity index (χ4n) is 1.80. The van der Waals surface area contributed by atoms with Gasteiger partial charge in [0.15, 0.2) is 0 Å². The van der Waals surface area contributed by atoms with E-state index in [1.165, 1.54) is 5.56 Å². The van der Waals surface area contributed by atoms with Gasteiger partial charge in [-0.3, -0.25) is 0 Å². The summed E-state index contributed by atoms with van der Waals surface area (Å²) < 4.78 is 11.0. The third kappa shape index (κ3) is 1.55. The molecule has 3 nitrogen and oxygen atoms in total. The Morgan fingerprint density at radius 3 is 3.14 bits per heavy atom. The highest BCUT2D eigenvalue weighted by Crippen LogP contribution is 2.34. The molecule has 1 aromatic rings. The lowest BCUT2D eigenvalue weighted by molar-refractivity contribution is 0.179. The number of fused-ring (bicyclic) bond motifs is 1. The minimum atomic E-state index is 0.162. The molecule has 1 atom stereocenters. The molecule has 2 rings (SSSR count). The van der Waals surface area contributed by atoms with Crippen molar-refractivity contribution >= 4 is 0 Å². The number of hydrogen-bond acceptors (Lipinski definition) is 3. The van der Waals surface area contributed by atoms with Crippen molar-refractivity contribution in [1.82, 2.24) is 0 Å². The zero-order chi connectivity index (χ0) is 9.97. The largest absolute Gasteiger partial charge is 0.496 e. The molecular weight excluding hydrogens is 178 g/mol.